The molecule has 21 heavy (non-hydrogen) atoms. The molecule has 1 aromatic heterocycles. The van der Waals surface area contributed by atoms with Crippen molar-refractivity contribution in [3.8, 4) is 0 Å². The van der Waals surface area contributed by atoms with Crippen molar-refractivity contribution in [3.63, 3.8) is 0 Å². The Labute approximate surface area is 132 Å². The largest absolute Gasteiger partial charge is 0.452 e. The van der Waals surface area contributed by atoms with Gasteiger partial charge in [-0.1, -0.05) is 17.7 Å². The van der Waals surface area contributed by atoms with Crippen LogP contribution in [0.2, 0.25) is 0 Å². The number of hydrogen-bond donors (Lipinski definition) is 1. The SMILES string of the molecule is CCN(c1ccc(C)cc1)S(=O)(=O)c1cc(CN)oc1Br. The number of sulfonamides is 1. The van der Waals surface area contributed by atoms with Gasteiger partial charge in [-0.05, 0) is 41.9 Å². The molecule has 0 aliphatic carbocycles. The van der Waals surface area contributed by atoms with Crippen LogP contribution in [0.5, 0.6) is 0 Å². The lowest BCUT2D eigenvalue weighted by molar-refractivity contribution is 0.484. The number of hydrogen-bond acceptors (Lipinski definition) is 4. The maximum Gasteiger partial charge on any atom is 0.268 e. The van der Waals surface area contributed by atoms with Crippen LogP contribution in [0.1, 0.15) is 18.2 Å². The minimum atomic E-state index is -3.70. The molecule has 0 aliphatic heterocycles. The lowest BCUT2D eigenvalue weighted by atomic mass is 10.2. The number of nitrogens with two attached hydrogens (primary N) is 1. The molecule has 0 saturated heterocycles. The number of aryl methyl sites for hydroxylation is 1. The van der Waals surface area contributed by atoms with E-state index in [0.717, 1.165) is 5.56 Å². The average Bonchev–Trinajstić information content (AvgIpc) is 2.83. The molecule has 0 atom stereocenters. The summed E-state index contributed by atoms with van der Waals surface area (Å²) in [7, 11) is -3.70. The van der Waals surface area contributed by atoms with Gasteiger partial charge in [0.1, 0.15) is 10.7 Å². The Bertz CT molecular complexity index is 723. The molecule has 1 aromatic carbocycles. The fourth-order valence-corrected chi connectivity index (χ4v) is 4.43. The molecule has 2 N–H and O–H groups in total. The zero-order chi connectivity index (χ0) is 15.6. The Kier molecular flexibility index (Phi) is 4.75. The summed E-state index contributed by atoms with van der Waals surface area (Å²) in [5, 5.41) is 0. The zero-order valence-corrected chi connectivity index (χ0v) is 14.2. The minimum Gasteiger partial charge on any atom is -0.452 e. The number of rotatable bonds is 5. The van der Waals surface area contributed by atoms with Gasteiger partial charge in [-0.25, -0.2) is 8.42 Å². The van der Waals surface area contributed by atoms with Crippen molar-refractivity contribution in [2.45, 2.75) is 25.3 Å². The first-order chi connectivity index (χ1) is 9.90. The Morgan fingerprint density at radius 3 is 2.38 bits per heavy atom. The predicted molar refractivity (Wildman–Crippen MR) is 85.7 cm³/mol. The highest BCUT2D eigenvalue weighted by Crippen LogP contribution is 2.31. The number of benzene rings is 1. The second-order valence-electron chi connectivity index (χ2n) is 4.56. The van der Waals surface area contributed by atoms with Gasteiger partial charge in [0, 0.05) is 12.6 Å². The first-order valence-electron chi connectivity index (χ1n) is 6.47. The van der Waals surface area contributed by atoms with Crippen LogP contribution in [-0.4, -0.2) is 15.0 Å². The van der Waals surface area contributed by atoms with Crippen molar-refractivity contribution in [1.29, 1.82) is 0 Å². The second-order valence-corrected chi connectivity index (χ2v) is 7.11. The van der Waals surface area contributed by atoms with Crippen molar-refractivity contribution in [3.05, 3.63) is 46.3 Å². The Hall–Kier alpha value is -1.31. The molecule has 0 aliphatic rings. The molecule has 1 heterocycles. The summed E-state index contributed by atoms with van der Waals surface area (Å²) in [6.07, 6.45) is 0. The van der Waals surface area contributed by atoms with Gasteiger partial charge < -0.3 is 10.2 Å². The Morgan fingerprint density at radius 1 is 1.29 bits per heavy atom. The molecule has 0 bridgehead atoms. The summed E-state index contributed by atoms with van der Waals surface area (Å²) in [6, 6.07) is 8.78. The molecule has 5 nitrogen and oxygen atoms in total. The summed E-state index contributed by atoms with van der Waals surface area (Å²) in [5.74, 6) is 0.417. The van der Waals surface area contributed by atoms with Crippen LogP contribution in [-0.2, 0) is 16.6 Å². The molecule has 0 spiro atoms. The van der Waals surface area contributed by atoms with E-state index in [0.29, 0.717) is 18.0 Å². The van der Waals surface area contributed by atoms with Crippen molar-refractivity contribution in [2.24, 2.45) is 5.73 Å². The highest BCUT2D eigenvalue weighted by atomic mass is 79.9. The maximum absolute atomic E-state index is 12.8. The summed E-state index contributed by atoms with van der Waals surface area (Å²) in [4.78, 5) is 0.0883. The van der Waals surface area contributed by atoms with Gasteiger partial charge in [-0.2, -0.15) is 0 Å². The van der Waals surface area contributed by atoms with Crippen LogP contribution in [0.4, 0.5) is 5.69 Å². The number of nitrogens with zero attached hydrogens (tertiary/aromatic N) is 1. The van der Waals surface area contributed by atoms with Gasteiger partial charge in [0.05, 0.1) is 12.2 Å². The fraction of sp³-hybridized carbons (Fsp3) is 0.286. The Morgan fingerprint density at radius 2 is 1.90 bits per heavy atom. The van der Waals surface area contributed by atoms with Crippen molar-refractivity contribution >= 4 is 31.6 Å². The van der Waals surface area contributed by atoms with Crippen molar-refractivity contribution in [1.82, 2.24) is 0 Å². The third kappa shape index (κ3) is 3.14. The quantitative estimate of drug-likeness (QED) is 0.874. The van der Waals surface area contributed by atoms with Crippen LogP contribution in [0.25, 0.3) is 0 Å². The molecule has 7 heteroatoms. The molecule has 0 amide bonds. The molecule has 0 radical (unpaired) electrons. The molecule has 0 unspecified atom stereocenters. The smallest absolute Gasteiger partial charge is 0.268 e. The Balaban J connectivity index is 2.49. The van der Waals surface area contributed by atoms with Crippen LogP contribution in [0.3, 0.4) is 0 Å². The van der Waals surface area contributed by atoms with Gasteiger partial charge in [0.15, 0.2) is 4.67 Å². The molecule has 0 saturated carbocycles. The van der Waals surface area contributed by atoms with E-state index in [1.165, 1.54) is 10.4 Å². The number of anilines is 1. The van der Waals surface area contributed by atoms with Crippen molar-refractivity contribution in [2.75, 3.05) is 10.8 Å². The molecule has 114 valence electrons. The van der Waals surface area contributed by atoms with E-state index < -0.39 is 10.0 Å². The fourth-order valence-electron chi connectivity index (χ4n) is 2.00. The van der Waals surface area contributed by atoms with Crippen molar-refractivity contribution < 1.29 is 12.8 Å². The lowest BCUT2D eigenvalue weighted by Crippen LogP contribution is -2.30. The minimum absolute atomic E-state index is 0.0883. The molecule has 2 aromatic rings. The van der Waals surface area contributed by atoms with Gasteiger partial charge in [-0.15, -0.1) is 0 Å². The monoisotopic (exact) mass is 372 g/mol. The van der Waals surface area contributed by atoms with Gasteiger partial charge in [-0.3, -0.25) is 4.31 Å². The standard InChI is InChI=1S/C14H17BrN2O3S/c1-3-17(11-6-4-10(2)5-7-11)21(18,19)13-8-12(9-16)20-14(13)15/h4-8H,3,9,16H2,1-2H3. The normalized spacial score (nSPS) is 11.6. The van der Waals surface area contributed by atoms with Crippen LogP contribution in [0.15, 0.2) is 44.3 Å². The van der Waals surface area contributed by atoms with E-state index >= 15 is 0 Å². The van der Waals surface area contributed by atoms with Crippen LogP contribution >= 0.6 is 15.9 Å². The van der Waals surface area contributed by atoms with Gasteiger partial charge >= 0.3 is 0 Å². The number of halogens is 1. The third-order valence-corrected chi connectivity index (χ3v) is 5.84. The van der Waals surface area contributed by atoms with E-state index in [9.17, 15) is 8.42 Å². The summed E-state index contributed by atoms with van der Waals surface area (Å²) in [6.45, 7) is 4.20. The lowest BCUT2D eigenvalue weighted by Gasteiger charge is -2.22. The zero-order valence-electron chi connectivity index (χ0n) is 11.8. The van der Waals surface area contributed by atoms with E-state index in [2.05, 4.69) is 15.9 Å². The summed E-state index contributed by atoms with van der Waals surface area (Å²) >= 11 is 3.15. The molecular weight excluding hydrogens is 356 g/mol. The topological polar surface area (TPSA) is 76.5 Å². The van der Waals surface area contributed by atoms with Gasteiger partial charge in [0.2, 0.25) is 0 Å². The highest BCUT2D eigenvalue weighted by molar-refractivity contribution is 9.10. The van der Waals surface area contributed by atoms with E-state index in [1.54, 1.807) is 19.1 Å². The van der Waals surface area contributed by atoms with Crippen LogP contribution in [0, 0.1) is 6.92 Å². The van der Waals surface area contributed by atoms with E-state index in [4.69, 9.17) is 10.2 Å². The number of furan rings is 1. The molecular formula is C14H17BrN2O3S. The second kappa shape index (κ2) is 6.21. The first-order valence-corrected chi connectivity index (χ1v) is 8.71. The molecule has 0 fully saturated rings. The average molecular weight is 373 g/mol. The molecule has 2 rings (SSSR count). The summed E-state index contributed by atoms with van der Waals surface area (Å²) < 4.78 is 32.4. The van der Waals surface area contributed by atoms with E-state index in [-0.39, 0.29) is 16.1 Å². The summed E-state index contributed by atoms with van der Waals surface area (Å²) in [5.41, 5.74) is 7.18. The predicted octanol–water partition coefficient (Wildman–Crippen LogP) is 3.02. The van der Waals surface area contributed by atoms with Crippen LogP contribution < -0.4 is 10.0 Å². The highest BCUT2D eigenvalue weighted by Gasteiger charge is 2.28. The van der Waals surface area contributed by atoms with E-state index in [1.807, 2.05) is 19.1 Å². The maximum atomic E-state index is 12.8. The van der Waals surface area contributed by atoms with Gasteiger partial charge in [0.25, 0.3) is 10.0 Å². The first kappa shape index (κ1) is 16.1. The third-order valence-electron chi connectivity index (χ3n) is 3.08.